The molecule has 0 saturated carbocycles. The van der Waals surface area contributed by atoms with Gasteiger partial charge in [0.2, 0.25) is 0 Å². The molecule has 1 aromatic carbocycles. The smallest absolute Gasteiger partial charge is 0.174 e. The number of benzene rings is 1. The molecule has 0 aliphatic heterocycles. The highest BCUT2D eigenvalue weighted by molar-refractivity contribution is 9.10. The van der Waals surface area contributed by atoms with Crippen LogP contribution in [0.15, 0.2) is 22.7 Å². The normalized spacial score (nSPS) is 12.5. The number of nitrogens with zero attached hydrogens (tertiary/aromatic N) is 4. The summed E-state index contributed by atoms with van der Waals surface area (Å²) in [6.45, 7) is 1.81. The molecule has 2 aromatic rings. The van der Waals surface area contributed by atoms with Crippen molar-refractivity contribution in [2.75, 3.05) is 7.11 Å². The van der Waals surface area contributed by atoms with Crippen LogP contribution >= 0.6 is 27.5 Å². The summed E-state index contributed by atoms with van der Waals surface area (Å²) in [6, 6.07) is 5.60. The molecule has 17 heavy (non-hydrogen) atoms. The van der Waals surface area contributed by atoms with E-state index in [-0.39, 0.29) is 5.38 Å². The number of hydrogen-bond acceptors (Lipinski definition) is 4. The van der Waals surface area contributed by atoms with E-state index in [9.17, 15) is 0 Å². The van der Waals surface area contributed by atoms with Gasteiger partial charge in [-0.1, -0.05) is 15.9 Å². The monoisotopic (exact) mass is 316 g/mol. The van der Waals surface area contributed by atoms with E-state index in [1.165, 1.54) is 0 Å². The Kier molecular flexibility index (Phi) is 3.63. The van der Waals surface area contributed by atoms with Crippen LogP contribution in [0.5, 0.6) is 5.75 Å². The van der Waals surface area contributed by atoms with Crippen LogP contribution < -0.4 is 4.74 Å². The van der Waals surface area contributed by atoms with Crippen molar-refractivity contribution in [3.8, 4) is 11.4 Å². The van der Waals surface area contributed by atoms with Crippen molar-refractivity contribution in [2.45, 2.75) is 12.3 Å². The minimum atomic E-state index is -0.284. The first kappa shape index (κ1) is 12.3. The molecule has 1 unspecified atom stereocenters. The van der Waals surface area contributed by atoms with Gasteiger partial charge in [-0.2, -0.15) is 4.68 Å². The van der Waals surface area contributed by atoms with Crippen molar-refractivity contribution < 1.29 is 4.74 Å². The maximum Gasteiger partial charge on any atom is 0.174 e. The standard InChI is InChI=1S/C10H10BrClN4O/c1-6(12)10-13-14-15-16(10)8-5-7(11)3-4-9(8)17-2/h3-6H,1-2H3. The first-order chi connectivity index (χ1) is 8.13. The van der Waals surface area contributed by atoms with Crippen LogP contribution in [-0.2, 0) is 0 Å². The highest BCUT2D eigenvalue weighted by Crippen LogP contribution is 2.28. The van der Waals surface area contributed by atoms with Crippen molar-refractivity contribution in [2.24, 2.45) is 0 Å². The molecule has 0 saturated heterocycles. The number of methoxy groups -OCH3 is 1. The molecule has 2 rings (SSSR count). The van der Waals surface area contributed by atoms with Gasteiger partial charge in [0, 0.05) is 4.47 Å². The Morgan fingerprint density at radius 3 is 2.88 bits per heavy atom. The Hall–Kier alpha value is -1.14. The third-order valence-corrected chi connectivity index (χ3v) is 2.91. The van der Waals surface area contributed by atoms with Crippen LogP contribution in [0.25, 0.3) is 5.69 Å². The zero-order chi connectivity index (χ0) is 12.4. The molecule has 1 aromatic heterocycles. The summed E-state index contributed by atoms with van der Waals surface area (Å²) in [6.07, 6.45) is 0. The summed E-state index contributed by atoms with van der Waals surface area (Å²) in [5.41, 5.74) is 0.745. The summed E-state index contributed by atoms with van der Waals surface area (Å²) in [7, 11) is 1.60. The third-order valence-electron chi connectivity index (χ3n) is 2.22. The van der Waals surface area contributed by atoms with E-state index in [1.54, 1.807) is 11.8 Å². The molecule has 7 heteroatoms. The zero-order valence-electron chi connectivity index (χ0n) is 9.26. The van der Waals surface area contributed by atoms with Crippen molar-refractivity contribution in [3.05, 3.63) is 28.5 Å². The van der Waals surface area contributed by atoms with E-state index >= 15 is 0 Å². The molecule has 1 heterocycles. The number of aromatic nitrogens is 4. The molecule has 5 nitrogen and oxygen atoms in total. The summed E-state index contributed by atoms with van der Waals surface area (Å²) in [5, 5.41) is 11.2. The molecule has 0 amide bonds. The van der Waals surface area contributed by atoms with Crippen LogP contribution in [0.2, 0.25) is 0 Å². The van der Waals surface area contributed by atoms with Crippen molar-refractivity contribution in [1.82, 2.24) is 20.2 Å². The van der Waals surface area contributed by atoms with E-state index in [1.807, 2.05) is 25.1 Å². The van der Waals surface area contributed by atoms with Gasteiger partial charge in [0.15, 0.2) is 5.82 Å². The quantitative estimate of drug-likeness (QED) is 0.817. The highest BCUT2D eigenvalue weighted by atomic mass is 79.9. The predicted molar refractivity (Wildman–Crippen MR) is 67.7 cm³/mol. The van der Waals surface area contributed by atoms with E-state index in [2.05, 4.69) is 31.5 Å². The van der Waals surface area contributed by atoms with E-state index < -0.39 is 0 Å². The maximum atomic E-state index is 6.02. The van der Waals surface area contributed by atoms with Crippen LogP contribution in [0.4, 0.5) is 0 Å². The molecule has 90 valence electrons. The Labute approximate surface area is 112 Å². The lowest BCUT2D eigenvalue weighted by molar-refractivity contribution is 0.411. The van der Waals surface area contributed by atoms with Gasteiger partial charge in [0.1, 0.15) is 11.4 Å². The number of alkyl halides is 1. The number of tetrazole rings is 1. The summed E-state index contributed by atoms with van der Waals surface area (Å²) < 4.78 is 7.76. The summed E-state index contributed by atoms with van der Waals surface area (Å²) in [4.78, 5) is 0. The Bertz CT molecular complexity index is 529. The highest BCUT2D eigenvalue weighted by Gasteiger charge is 2.16. The molecule has 1 atom stereocenters. The second kappa shape index (κ2) is 5.01. The van der Waals surface area contributed by atoms with Crippen molar-refractivity contribution in [1.29, 1.82) is 0 Å². The Balaban J connectivity index is 2.59. The zero-order valence-corrected chi connectivity index (χ0v) is 11.6. The molecule has 0 radical (unpaired) electrons. The molecule has 0 aliphatic rings. The van der Waals surface area contributed by atoms with Crippen LogP contribution in [-0.4, -0.2) is 27.3 Å². The SMILES string of the molecule is COc1ccc(Br)cc1-n1nnnc1C(C)Cl. The first-order valence-corrected chi connectivity index (χ1v) is 6.12. The van der Waals surface area contributed by atoms with Crippen LogP contribution in [0.1, 0.15) is 18.1 Å². The largest absolute Gasteiger partial charge is 0.494 e. The van der Waals surface area contributed by atoms with Gasteiger partial charge >= 0.3 is 0 Å². The summed E-state index contributed by atoms with van der Waals surface area (Å²) in [5.74, 6) is 1.25. The molecule has 0 fully saturated rings. The van der Waals surface area contributed by atoms with Crippen molar-refractivity contribution in [3.63, 3.8) is 0 Å². The lowest BCUT2D eigenvalue weighted by Gasteiger charge is -2.10. The number of ether oxygens (including phenoxy) is 1. The lowest BCUT2D eigenvalue weighted by atomic mass is 10.3. The number of rotatable bonds is 3. The lowest BCUT2D eigenvalue weighted by Crippen LogP contribution is -2.05. The fourth-order valence-corrected chi connectivity index (χ4v) is 1.93. The van der Waals surface area contributed by atoms with E-state index in [0.29, 0.717) is 11.6 Å². The van der Waals surface area contributed by atoms with Gasteiger partial charge in [-0.3, -0.25) is 0 Å². The van der Waals surface area contributed by atoms with Gasteiger partial charge in [0.25, 0.3) is 0 Å². The minimum absolute atomic E-state index is 0.284. The van der Waals surface area contributed by atoms with Gasteiger partial charge < -0.3 is 4.74 Å². The predicted octanol–water partition coefficient (Wildman–Crippen LogP) is 2.73. The maximum absolute atomic E-state index is 6.02. The Morgan fingerprint density at radius 2 is 2.24 bits per heavy atom. The number of hydrogen-bond donors (Lipinski definition) is 0. The van der Waals surface area contributed by atoms with Crippen LogP contribution in [0.3, 0.4) is 0 Å². The van der Waals surface area contributed by atoms with Gasteiger partial charge in [-0.15, -0.1) is 16.7 Å². The molecule has 0 bridgehead atoms. The average molecular weight is 318 g/mol. The van der Waals surface area contributed by atoms with Gasteiger partial charge in [-0.05, 0) is 35.5 Å². The fourth-order valence-electron chi connectivity index (χ4n) is 1.44. The number of halogens is 2. The first-order valence-electron chi connectivity index (χ1n) is 4.89. The second-order valence-corrected chi connectivity index (χ2v) is 4.95. The van der Waals surface area contributed by atoms with E-state index in [0.717, 1.165) is 10.2 Å². The molecule has 0 spiro atoms. The Morgan fingerprint density at radius 1 is 1.47 bits per heavy atom. The van der Waals surface area contributed by atoms with Gasteiger partial charge in [0.05, 0.1) is 12.5 Å². The summed E-state index contributed by atoms with van der Waals surface area (Å²) >= 11 is 9.42. The molecular weight excluding hydrogens is 307 g/mol. The molecule has 0 aliphatic carbocycles. The molecule has 0 N–H and O–H groups in total. The van der Waals surface area contributed by atoms with Gasteiger partial charge in [-0.25, -0.2) is 0 Å². The molecular formula is C10H10BrClN4O. The van der Waals surface area contributed by atoms with E-state index in [4.69, 9.17) is 16.3 Å². The second-order valence-electron chi connectivity index (χ2n) is 3.38. The van der Waals surface area contributed by atoms with Crippen molar-refractivity contribution >= 4 is 27.5 Å². The van der Waals surface area contributed by atoms with Crippen LogP contribution in [0, 0.1) is 0 Å². The average Bonchev–Trinajstić information content (AvgIpc) is 2.77. The minimum Gasteiger partial charge on any atom is -0.494 e. The topological polar surface area (TPSA) is 52.8 Å². The fraction of sp³-hybridized carbons (Fsp3) is 0.300. The third kappa shape index (κ3) is 2.42.